The Kier molecular flexibility index (Phi) is 8.30. The smallest absolute Gasteiger partial charge is 0.339 e. The lowest BCUT2D eigenvalue weighted by molar-refractivity contribution is 0.0694. The van der Waals surface area contributed by atoms with Gasteiger partial charge < -0.3 is 34.6 Å². The Balaban J connectivity index is 1.29. The van der Waals surface area contributed by atoms with E-state index in [-0.39, 0.29) is 18.3 Å². The van der Waals surface area contributed by atoms with Crippen LogP contribution in [-0.2, 0) is 6.42 Å². The van der Waals surface area contributed by atoms with E-state index in [1.165, 1.54) is 0 Å². The van der Waals surface area contributed by atoms with Gasteiger partial charge in [-0.1, -0.05) is 18.2 Å². The number of carboxylic acids is 1. The van der Waals surface area contributed by atoms with Gasteiger partial charge in [-0.05, 0) is 60.9 Å². The molecule has 3 N–H and O–H groups in total. The number of para-hydroxylation sites is 1. The van der Waals surface area contributed by atoms with Crippen molar-refractivity contribution in [1.82, 2.24) is 5.32 Å². The van der Waals surface area contributed by atoms with Gasteiger partial charge in [0.2, 0.25) is 0 Å². The monoisotopic (exact) mass is 492 g/mol. The normalized spacial score (nSPS) is 15.4. The van der Waals surface area contributed by atoms with Crippen molar-refractivity contribution in [3.8, 4) is 23.0 Å². The van der Waals surface area contributed by atoms with Crippen LogP contribution in [0.25, 0.3) is 0 Å². The molecule has 0 aliphatic carbocycles. The minimum Gasteiger partial charge on any atom is -0.491 e. The molecule has 8 heteroatoms. The van der Waals surface area contributed by atoms with Crippen molar-refractivity contribution in [3.05, 3.63) is 77.9 Å². The maximum Gasteiger partial charge on any atom is 0.339 e. The minimum atomic E-state index is -1.04. The van der Waals surface area contributed by atoms with Gasteiger partial charge >= 0.3 is 5.97 Å². The summed E-state index contributed by atoms with van der Waals surface area (Å²) in [6.07, 6.45) is 0.989. The molecule has 1 aliphatic heterocycles. The molecule has 2 atom stereocenters. The Morgan fingerprint density at radius 1 is 1.11 bits per heavy atom. The molecular formula is C28H32N2O6. The van der Waals surface area contributed by atoms with Crippen LogP contribution >= 0.6 is 0 Å². The summed E-state index contributed by atoms with van der Waals surface area (Å²) in [6.45, 7) is 1.23. The number of aliphatic hydroxyl groups excluding tert-OH is 1. The number of carbonyl (C=O) groups is 1. The van der Waals surface area contributed by atoms with Crippen LogP contribution in [-0.4, -0.2) is 62.2 Å². The van der Waals surface area contributed by atoms with Crippen LogP contribution in [0.4, 0.5) is 5.69 Å². The van der Waals surface area contributed by atoms with E-state index >= 15 is 0 Å². The third-order valence-corrected chi connectivity index (χ3v) is 5.94. The Bertz CT molecular complexity index is 1170. The van der Waals surface area contributed by atoms with E-state index in [4.69, 9.17) is 14.2 Å². The van der Waals surface area contributed by atoms with Crippen LogP contribution < -0.4 is 24.4 Å². The summed E-state index contributed by atoms with van der Waals surface area (Å²) >= 11 is 0. The van der Waals surface area contributed by atoms with Crippen LogP contribution in [0, 0.1) is 0 Å². The van der Waals surface area contributed by atoms with Crippen molar-refractivity contribution < 1.29 is 29.2 Å². The molecule has 0 saturated heterocycles. The number of ether oxygens (including phenoxy) is 3. The van der Waals surface area contributed by atoms with Crippen LogP contribution in [0.2, 0.25) is 0 Å². The van der Waals surface area contributed by atoms with Crippen molar-refractivity contribution in [2.24, 2.45) is 0 Å². The SMILES string of the molecule is CN(C)c1ccc(C(=O)O)c(Oc2ccc3c(c2)CC[C@H](CNC[C@H](O)COc2ccccc2)O3)c1. The molecule has 3 aromatic rings. The first-order valence-corrected chi connectivity index (χ1v) is 12.0. The largest absolute Gasteiger partial charge is 0.491 e. The minimum absolute atomic E-state index is 0.0121. The zero-order valence-electron chi connectivity index (χ0n) is 20.5. The molecule has 0 fully saturated rings. The predicted octanol–water partition coefficient (Wildman–Crippen LogP) is 3.97. The van der Waals surface area contributed by atoms with E-state index in [1.807, 2.05) is 61.5 Å². The number of hydrogen-bond acceptors (Lipinski definition) is 7. The Morgan fingerprint density at radius 3 is 2.67 bits per heavy atom. The number of fused-ring (bicyclic) bond motifs is 1. The average Bonchev–Trinajstić information content (AvgIpc) is 2.88. The molecule has 190 valence electrons. The predicted molar refractivity (Wildman–Crippen MR) is 138 cm³/mol. The molecule has 1 heterocycles. The zero-order valence-corrected chi connectivity index (χ0v) is 20.5. The van der Waals surface area contributed by atoms with Gasteiger partial charge in [-0.15, -0.1) is 0 Å². The molecular weight excluding hydrogens is 460 g/mol. The van der Waals surface area contributed by atoms with E-state index < -0.39 is 12.1 Å². The van der Waals surface area contributed by atoms with Crippen molar-refractivity contribution in [2.75, 3.05) is 38.7 Å². The van der Waals surface area contributed by atoms with Gasteiger partial charge in [0.15, 0.2) is 0 Å². The Hall–Kier alpha value is -3.75. The Morgan fingerprint density at radius 2 is 1.92 bits per heavy atom. The van der Waals surface area contributed by atoms with Crippen molar-refractivity contribution in [2.45, 2.75) is 25.0 Å². The van der Waals surface area contributed by atoms with Gasteiger partial charge in [-0.25, -0.2) is 4.79 Å². The Labute approximate surface area is 211 Å². The van der Waals surface area contributed by atoms with Gasteiger partial charge in [0, 0.05) is 38.9 Å². The molecule has 3 aromatic carbocycles. The highest BCUT2D eigenvalue weighted by Crippen LogP contribution is 2.35. The summed E-state index contributed by atoms with van der Waals surface area (Å²) in [6, 6.07) is 20.0. The fraction of sp³-hybridized carbons (Fsp3) is 0.321. The third kappa shape index (κ3) is 6.68. The molecule has 0 saturated carbocycles. The first kappa shape index (κ1) is 25.3. The summed E-state index contributed by atoms with van der Waals surface area (Å²) in [5.41, 5.74) is 1.97. The van der Waals surface area contributed by atoms with E-state index in [1.54, 1.807) is 24.3 Å². The number of aromatic carboxylic acids is 1. The van der Waals surface area contributed by atoms with E-state index in [0.717, 1.165) is 35.6 Å². The van der Waals surface area contributed by atoms with Crippen molar-refractivity contribution >= 4 is 11.7 Å². The number of nitrogens with one attached hydrogen (secondary N) is 1. The summed E-state index contributed by atoms with van der Waals surface area (Å²) in [4.78, 5) is 13.5. The standard InChI is InChI=1S/C28H32N2O6/c1-30(2)20-9-12-25(28(32)33)27(15-20)35-23-11-13-26-19(14-23)8-10-24(36-26)17-29-16-21(31)18-34-22-6-4-3-5-7-22/h3-7,9,11-15,21,24,29,31H,8,10,16-18H2,1-2H3,(H,32,33)/t21-,24+/m0/s1. The molecule has 36 heavy (non-hydrogen) atoms. The zero-order chi connectivity index (χ0) is 25.5. The highest BCUT2D eigenvalue weighted by Gasteiger charge is 2.21. The number of benzene rings is 3. The van der Waals surface area contributed by atoms with Crippen molar-refractivity contribution in [3.63, 3.8) is 0 Å². The number of aliphatic hydroxyl groups is 1. The highest BCUT2D eigenvalue weighted by atomic mass is 16.5. The second-order valence-corrected chi connectivity index (χ2v) is 8.97. The maximum absolute atomic E-state index is 11.6. The van der Waals surface area contributed by atoms with Gasteiger partial charge in [0.1, 0.15) is 47.4 Å². The fourth-order valence-electron chi connectivity index (χ4n) is 3.98. The molecule has 4 rings (SSSR count). The molecule has 8 nitrogen and oxygen atoms in total. The van der Waals surface area contributed by atoms with Crippen LogP contribution in [0.3, 0.4) is 0 Å². The second kappa shape index (κ2) is 11.8. The van der Waals surface area contributed by atoms with E-state index in [0.29, 0.717) is 24.6 Å². The summed E-state index contributed by atoms with van der Waals surface area (Å²) in [5, 5.41) is 23.0. The summed E-state index contributed by atoms with van der Waals surface area (Å²) in [7, 11) is 3.78. The van der Waals surface area contributed by atoms with E-state index in [2.05, 4.69) is 5.32 Å². The number of rotatable bonds is 11. The van der Waals surface area contributed by atoms with Crippen LogP contribution in [0.15, 0.2) is 66.7 Å². The molecule has 0 aromatic heterocycles. The quantitative estimate of drug-likeness (QED) is 0.370. The molecule has 0 spiro atoms. The average molecular weight is 493 g/mol. The maximum atomic E-state index is 11.6. The molecule has 0 unspecified atom stereocenters. The van der Waals surface area contributed by atoms with Gasteiger partial charge in [-0.2, -0.15) is 0 Å². The lowest BCUT2D eigenvalue weighted by Gasteiger charge is -2.27. The van der Waals surface area contributed by atoms with Crippen LogP contribution in [0.5, 0.6) is 23.0 Å². The molecule has 0 bridgehead atoms. The fourth-order valence-corrected chi connectivity index (χ4v) is 3.98. The third-order valence-electron chi connectivity index (χ3n) is 5.94. The second-order valence-electron chi connectivity index (χ2n) is 8.97. The van der Waals surface area contributed by atoms with Crippen LogP contribution in [0.1, 0.15) is 22.3 Å². The lowest BCUT2D eigenvalue weighted by atomic mass is 10.0. The number of aryl methyl sites for hydroxylation is 1. The van der Waals surface area contributed by atoms with Gasteiger partial charge in [-0.3, -0.25) is 0 Å². The summed E-state index contributed by atoms with van der Waals surface area (Å²) < 4.78 is 17.7. The number of nitrogens with zero attached hydrogens (tertiary/aromatic N) is 1. The molecule has 0 amide bonds. The van der Waals surface area contributed by atoms with Gasteiger partial charge in [0.25, 0.3) is 0 Å². The number of carboxylic acid groups (broad SMARTS) is 1. The van der Waals surface area contributed by atoms with Gasteiger partial charge in [0.05, 0.1) is 0 Å². The summed E-state index contributed by atoms with van der Waals surface area (Å²) in [5.74, 6) is 1.34. The van der Waals surface area contributed by atoms with Crippen molar-refractivity contribution in [1.29, 1.82) is 0 Å². The van der Waals surface area contributed by atoms with E-state index in [9.17, 15) is 15.0 Å². The molecule has 1 aliphatic rings. The first-order chi connectivity index (χ1) is 17.4. The number of anilines is 1. The number of hydrogen-bond donors (Lipinski definition) is 3. The topological polar surface area (TPSA) is 100 Å². The first-order valence-electron chi connectivity index (χ1n) is 12.0. The highest BCUT2D eigenvalue weighted by molar-refractivity contribution is 5.91. The molecule has 0 radical (unpaired) electrons. The lowest BCUT2D eigenvalue weighted by Crippen LogP contribution is -2.39.